The maximum Gasteiger partial charge on any atom is 0.129 e. The Morgan fingerprint density at radius 1 is 1.12 bits per heavy atom. The summed E-state index contributed by atoms with van der Waals surface area (Å²) in [5, 5.41) is 10.5. The van der Waals surface area contributed by atoms with E-state index in [-0.39, 0.29) is 5.75 Å². The molecule has 4 heteroatoms. The quantitative estimate of drug-likeness (QED) is 0.811. The Morgan fingerprint density at radius 3 is 2.76 bits per heavy atom. The molecule has 1 fully saturated rings. The molecular weight excluding hydrogens is 216 g/mol. The Morgan fingerprint density at radius 2 is 1.94 bits per heavy atom. The summed E-state index contributed by atoms with van der Waals surface area (Å²) in [4.78, 5) is 6.77. The number of pyridine rings is 1. The van der Waals surface area contributed by atoms with E-state index in [1.54, 1.807) is 6.07 Å². The van der Waals surface area contributed by atoms with Crippen LogP contribution in [0.25, 0.3) is 10.9 Å². The number of rotatable bonds is 1. The number of hydrogen-bond donors (Lipinski definition) is 1. The Hall–Kier alpha value is -1.81. The van der Waals surface area contributed by atoms with E-state index in [2.05, 4.69) is 9.88 Å². The summed E-state index contributed by atoms with van der Waals surface area (Å²) in [5.74, 6) is 1.23. The number of phenolic OH excluding ortho intramolecular Hbond substituents is 1. The number of benzene rings is 1. The van der Waals surface area contributed by atoms with Gasteiger partial charge in [-0.15, -0.1) is 0 Å². The molecule has 1 aliphatic rings. The first kappa shape index (κ1) is 10.4. The molecule has 0 bridgehead atoms. The van der Waals surface area contributed by atoms with Crippen LogP contribution in [0.15, 0.2) is 30.3 Å². The molecule has 0 atom stereocenters. The Bertz CT molecular complexity index is 536. The monoisotopic (exact) mass is 230 g/mol. The van der Waals surface area contributed by atoms with Crippen molar-refractivity contribution >= 4 is 16.7 Å². The van der Waals surface area contributed by atoms with E-state index in [4.69, 9.17) is 4.74 Å². The first-order valence-corrected chi connectivity index (χ1v) is 5.76. The van der Waals surface area contributed by atoms with Gasteiger partial charge in [-0.2, -0.15) is 0 Å². The van der Waals surface area contributed by atoms with Crippen molar-refractivity contribution in [2.45, 2.75) is 0 Å². The van der Waals surface area contributed by atoms with E-state index >= 15 is 0 Å². The van der Waals surface area contributed by atoms with Gasteiger partial charge in [-0.3, -0.25) is 0 Å². The molecule has 2 heterocycles. The molecule has 1 N–H and O–H groups in total. The predicted octanol–water partition coefficient (Wildman–Crippen LogP) is 1.78. The van der Waals surface area contributed by atoms with E-state index in [9.17, 15) is 5.11 Å². The zero-order valence-corrected chi connectivity index (χ0v) is 9.47. The number of hydrogen-bond acceptors (Lipinski definition) is 4. The fourth-order valence-electron chi connectivity index (χ4n) is 2.10. The Balaban J connectivity index is 2.01. The summed E-state index contributed by atoms with van der Waals surface area (Å²) >= 11 is 0. The van der Waals surface area contributed by atoms with Crippen LogP contribution in [0.2, 0.25) is 0 Å². The molecule has 1 aromatic heterocycles. The average Bonchev–Trinajstić information content (AvgIpc) is 2.40. The van der Waals surface area contributed by atoms with Crippen molar-refractivity contribution < 1.29 is 9.84 Å². The minimum absolute atomic E-state index is 0.281. The predicted molar refractivity (Wildman–Crippen MR) is 66.4 cm³/mol. The van der Waals surface area contributed by atoms with E-state index < -0.39 is 0 Å². The summed E-state index contributed by atoms with van der Waals surface area (Å²) in [6, 6.07) is 9.28. The smallest absolute Gasteiger partial charge is 0.129 e. The number of aromatic hydroxyl groups is 1. The molecule has 0 amide bonds. The first-order chi connectivity index (χ1) is 8.34. The standard InChI is InChI=1S/C13H14N2O2/c16-12-3-1-2-11-10(12)4-5-13(14-11)15-6-8-17-9-7-15/h1-5,16H,6-9H2. The van der Waals surface area contributed by atoms with Gasteiger partial charge in [-0.1, -0.05) is 6.07 Å². The largest absolute Gasteiger partial charge is 0.507 e. The van der Waals surface area contributed by atoms with Crippen molar-refractivity contribution in [2.24, 2.45) is 0 Å². The number of ether oxygens (including phenoxy) is 1. The molecule has 4 nitrogen and oxygen atoms in total. The van der Waals surface area contributed by atoms with Crippen LogP contribution in [0, 0.1) is 0 Å². The minimum atomic E-state index is 0.281. The van der Waals surface area contributed by atoms with Gasteiger partial charge >= 0.3 is 0 Å². The van der Waals surface area contributed by atoms with Gasteiger partial charge in [0.1, 0.15) is 11.6 Å². The van der Waals surface area contributed by atoms with E-state index in [1.165, 1.54) is 0 Å². The molecule has 3 rings (SSSR count). The van der Waals surface area contributed by atoms with Crippen LogP contribution in [-0.4, -0.2) is 36.4 Å². The maximum atomic E-state index is 9.70. The van der Waals surface area contributed by atoms with Crippen LogP contribution >= 0.6 is 0 Å². The van der Waals surface area contributed by atoms with Crippen LogP contribution in [0.5, 0.6) is 5.75 Å². The molecule has 88 valence electrons. The highest BCUT2D eigenvalue weighted by Gasteiger charge is 2.12. The number of phenols is 1. The van der Waals surface area contributed by atoms with E-state index in [1.807, 2.05) is 24.3 Å². The van der Waals surface area contributed by atoms with Gasteiger partial charge in [0, 0.05) is 18.5 Å². The number of nitrogens with zero attached hydrogens (tertiary/aromatic N) is 2. The van der Waals surface area contributed by atoms with Crippen molar-refractivity contribution in [3.63, 3.8) is 0 Å². The van der Waals surface area contributed by atoms with Gasteiger partial charge < -0.3 is 14.7 Å². The lowest BCUT2D eigenvalue weighted by atomic mass is 10.2. The lowest BCUT2D eigenvalue weighted by molar-refractivity contribution is 0.122. The topological polar surface area (TPSA) is 45.6 Å². The molecule has 1 aliphatic heterocycles. The van der Waals surface area contributed by atoms with Gasteiger partial charge in [0.15, 0.2) is 0 Å². The molecule has 0 saturated carbocycles. The van der Waals surface area contributed by atoms with Crippen molar-refractivity contribution in [3.05, 3.63) is 30.3 Å². The first-order valence-electron chi connectivity index (χ1n) is 5.76. The molecule has 1 saturated heterocycles. The summed E-state index contributed by atoms with van der Waals surface area (Å²) in [6.07, 6.45) is 0. The zero-order chi connectivity index (χ0) is 11.7. The molecule has 0 radical (unpaired) electrons. The van der Waals surface area contributed by atoms with Gasteiger partial charge in [0.05, 0.1) is 18.7 Å². The molecule has 0 aliphatic carbocycles. The third kappa shape index (κ3) is 1.91. The van der Waals surface area contributed by atoms with Crippen LogP contribution in [0.4, 0.5) is 5.82 Å². The van der Waals surface area contributed by atoms with Crippen molar-refractivity contribution in [1.29, 1.82) is 0 Å². The second-order valence-electron chi connectivity index (χ2n) is 4.11. The van der Waals surface area contributed by atoms with Crippen LogP contribution in [0.3, 0.4) is 0 Å². The van der Waals surface area contributed by atoms with Crippen molar-refractivity contribution in [1.82, 2.24) is 4.98 Å². The molecule has 0 unspecified atom stereocenters. The highest BCUT2D eigenvalue weighted by molar-refractivity contribution is 5.86. The third-order valence-electron chi connectivity index (χ3n) is 3.03. The number of anilines is 1. The number of aromatic nitrogens is 1. The highest BCUT2D eigenvalue weighted by Crippen LogP contribution is 2.25. The second-order valence-corrected chi connectivity index (χ2v) is 4.11. The van der Waals surface area contributed by atoms with Gasteiger partial charge in [-0.05, 0) is 24.3 Å². The summed E-state index contributed by atoms with van der Waals surface area (Å²) in [6.45, 7) is 3.24. The highest BCUT2D eigenvalue weighted by atomic mass is 16.5. The van der Waals surface area contributed by atoms with Gasteiger partial charge in [-0.25, -0.2) is 4.98 Å². The lowest BCUT2D eigenvalue weighted by Crippen LogP contribution is -2.36. The van der Waals surface area contributed by atoms with Crippen molar-refractivity contribution in [3.8, 4) is 5.75 Å². The fraction of sp³-hybridized carbons (Fsp3) is 0.308. The number of morpholine rings is 1. The maximum absolute atomic E-state index is 9.70. The molecule has 1 aromatic carbocycles. The second kappa shape index (κ2) is 4.22. The summed E-state index contributed by atoms with van der Waals surface area (Å²) in [7, 11) is 0. The molecule has 17 heavy (non-hydrogen) atoms. The molecule has 0 spiro atoms. The van der Waals surface area contributed by atoms with E-state index in [0.717, 1.165) is 43.0 Å². The Labute approximate surface area is 99.5 Å². The Kier molecular flexibility index (Phi) is 2.57. The van der Waals surface area contributed by atoms with Crippen LogP contribution in [-0.2, 0) is 4.74 Å². The minimum Gasteiger partial charge on any atom is -0.507 e. The average molecular weight is 230 g/mol. The summed E-state index contributed by atoms with van der Waals surface area (Å²) in [5.41, 5.74) is 0.828. The normalized spacial score (nSPS) is 16.4. The van der Waals surface area contributed by atoms with E-state index in [0.29, 0.717) is 0 Å². The SMILES string of the molecule is Oc1cccc2nc(N3CCOCC3)ccc12. The zero-order valence-electron chi connectivity index (χ0n) is 9.47. The lowest BCUT2D eigenvalue weighted by Gasteiger charge is -2.27. The fourth-order valence-corrected chi connectivity index (χ4v) is 2.10. The molecule has 2 aromatic rings. The third-order valence-corrected chi connectivity index (χ3v) is 3.03. The van der Waals surface area contributed by atoms with Crippen LogP contribution < -0.4 is 4.90 Å². The van der Waals surface area contributed by atoms with Gasteiger partial charge in [0.25, 0.3) is 0 Å². The summed E-state index contributed by atoms with van der Waals surface area (Å²) < 4.78 is 5.32. The van der Waals surface area contributed by atoms with Gasteiger partial charge in [0.2, 0.25) is 0 Å². The van der Waals surface area contributed by atoms with Crippen LogP contribution in [0.1, 0.15) is 0 Å². The molecular formula is C13H14N2O2. The van der Waals surface area contributed by atoms with Crippen molar-refractivity contribution in [2.75, 3.05) is 31.2 Å². The number of fused-ring (bicyclic) bond motifs is 1.